The van der Waals surface area contributed by atoms with E-state index in [1.54, 1.807) is 38.1 Å². The normalized spacial score (nSPS) is 10.9. The second kappa shape index (κ2) is 7.97. The van der Waals surface area contributed by atoms with Gasteiger partial charge < -0.3 is 10.1 Å². The van der Waals surface area contributed by atoms with Crippen molar-refractivity contribution in [1.82, 2.24) is 0 Å². The van der Waals surface area contributed by atoms with E-state index in [4.69, 9.17) is 16.3 Å². The number of anilines is 1. The first-order valence-electron chi connectivity index (χ1n) is 7.68. The SMILES string of the molecule is CC(C)(C(=O)OCC(=O)Nc1cc(Cl)ccc1[N+](=O)[O-])c1ccccc1. The van der Waals surface area contributed by atoms with Crippen LogP contribution in [0.2, 0.25) is 5.02 Å². The minimum absolute atomic E-state index is 0.0640. The van der Waals surface area contributed by atoms with Gasteiger partial charge in [-0.3, -0.25) is 19.7 Å². The van der Waals surface area contributed by atoms with Gasteiger partial charge in [-0.1, -0.05) is 41.9 Å². The highest BCUT2D eigenvalue weighted by molar-refractivity contribution is 6.31. The van der Waals surface area contributed by atoms with Crippen LogP contribution in [0.5, 0.6) is 0 Å². The number of nitro benzene ring substituents is 1. The minimum Gasteiger partial charge on any atom is -0.455 e. The number of halogens is 1. The molecule has 2 aromatic rings. The summed E-state index contributed by atoms with van der Waals surface area (Å²) in [6.45, 7) is 2.80. The summed E-state index contributed by atoms with van der Waals surface area (Å²) in [7, 11) is 0. The highest BCUT2D eigenvalue weighted by atomic mass is 35.5. The Morgan fingerprint density at radius 1 is 1.19 bits per heavy atom. The predicted molar refractivity (Wildman–Crippen MR) is 97.2 cm³/mol. The number of benzene rings is 2. The monoisotopic (exact) mass is 376 g/mol. The lowest BCUT2D eigenvalue weighted by molar-refractivity contribution is -0.383. The van der Waals surface area contributed by atoms with E-state index >= 15 is 0 Å². The van der Waals surface area contributed by atoms with Gasteiger partial charge in [-0.05, 0) is 31.5 Å². The molecule has 1 amide bonds. The number of hydrogen-bond donors (Lipinski definition) is 1. The van der Waals surface area contributed by atoms with E-state index in [-0.39, 0.29) is 16.4 Å². The van der Waals surface area contributed by atoms with Crippen LogP contribution in [0.15, 0.2) is 48.5 Å². The van der Waals surface area contributed by atoms with Crippen molar-refractivity contribution in [3.8, 4) is 0 Å². The van der Waals surface area contributed by atoms with Crippen molar-refractivity contribution in [3.05, 3.63) is 69.2 Å². The maximum absolute atomic E-state index is 12.3. The molecule has 0 spiro atoms. The average molecular weight is 377 g/mol. The summed E-state index contributed by atoms with van der Waals surface area (Å²) in [6.07, 6.45) is 0. The number of esters is 1. The Labute approximate surface area is 155 Å². The van der Waals surface area contributed by atoms with Gasteiger partial charge in [0.15, 0.2) is 6.61 Å². The molecule has 8 heteroatoms. The van der Waals surface area contributed by atoms with Crippen molar-refractivity contribution in [1.29, 1.82) is 0 Å². The summed E-state index contributed by atoms with van der Waals surface area (Å²) in [4.78, 5) is 34.7. The third-order valence-electron chi connectivity index (χ3n) is 3.77. The van der Waals surface area contributed by atoms with Crippen molar-refractivity contribution in [2.45, 2.75) is 19.3 Å². The van der Waals surface area contributed by atoms with Gasteiger partial charge in [-0.25, -0.2) is 0 Å². The van der Waals surface area contributed by atoms with Crippen molar-refractivity contribution < 1.29 is 19.2 Å². The Morgan fingerprint density at radius 3 is 2.46 bits per heavy atom. The van der Waals surface area contributed by atoms with Crippen molar-refractivity contribution in [3.63, 3.8) is 0 Å². The van der Waals surface area contributed by atoms with Crippen LogP contribution in [0, 0.1) is 10.1 Å². The molecule has 0 atom stereocenters. The van der Waals surface area contributed by atoms with Crippen molar-refractivity contribution in [2.24, 2.45) is 0 Å². The van der Waals surface area contributed by atoms with Crippen molar-refractivity contribution in [2.75, 3.05) is 11.9 Å². The van der Waals surface area contributed by atoms with Gasteiger partial charge in [-0.15, -0.1) is 0 Å². The number of carbonyl (C=O) groups is 2. The number of nitrogens with one attached hydrogen (secondary N) is 1. The molecule has 26 heavy (non-hydrogen) atoms. The molecule has 0 radical (unpaired) electrons. The number of rotatable bonds is 6. The number of nitro groups is 1. The Balaban J connectivity index is 2.02. The summed E-state index contributed by atoms with van der Waals surface area (Å²) in [5.41, 5.74) is -0.565. The average Bonchev–Trinajstić information content (AvgIpc) is 2.60. The zero-order valence-corrected chi connectivity index (χ0v) is 14.9. The molecular weight excluding hydrogens is 360 g/mol. The Kier molecular flexibility index (Phi) is 5.94. The summed E-state index contributed by atoms with van der Waals surface area (Å²) in [5, 5.41) is 13.6. The zero-order valence-electron chi connectivity index (χ0n) is 14.2. The number of nitrogens with zero attached hydrogens (tertiary/aromatic N) is 1. The first kappa shape index (κ1) is 19.4. The Morgan fingerprint density at radius 2 is 1.85 bits per heavy atom. The molecule has 136 valence electrons. The van der Waals surface area contributed by atoms with E-state index in [1.807, 2.05) is 6.07 Å². The topological polar surface area (TPSA) is 98.5 Å². The molecule has 1 N–H and O–H groups in total. The highest BCUT2D eigenvalue weighted by Gasteiger charge is 2.31. The molecule has 0 aromatic heterocycles. The maximum Gasteiger partial charge on any atom is 0.316 e. The minimum atomic E-state index is -0.941. The molecule has 0 saturated heterocycles. The van der Waals surface area contributed by atoms with Gasteiger partial charge in [-0.2, -0.15) is 0 Å². The lowest BCUT2D eigenvalue weighted by atomic mass is 9.85. The van der Waals surface area contributed by atoms with Crippen LogP contribution in [0.4, 0.5) is 11.4 Å². The lowest BCUT2D eigenvalue weighted by Gasteiger charge is -2.22. The molecule has 0 saturated carbocycles. The van der Waals surface area contributed by atoms with Gasteiger partial charge in [0, 0.05) is 11.1 Å². The van der Waals surface area contributed by atoms with Crippen LogP contribution < -0.4 is 5.32 Å². The molecular formula is C18H17ClN2O5. The number of amides is 1. The summed E-state index contributed by atoms with van der Waals surface area (Å²) >= 11 is 5.80. The highest BCUT2D eigenvalue weighted by Crippen LogP contribution is 2.28. The summed E-state index contributed by atoms with van der Waals surface area (Å²) in [6, 6.07) is 12.8. The summed E-state index contributed by atoms with van der Waals surface area (Å²) in [5.74, 6) is -1.29. The third-order valence-corrected chi connectivity index (χ3v) is 4.00. The molecule has 0 aliphatic rings. The molecule has 0 fully saturated rings. The molecule has 0 bridgehead atoms. The first-order valence-corrected chi connectivity index (χ1v) is 8.06. The quantitative estimate of drug-likeness (QED) is 0.470. The number of hydrogen-bond acceptors (Lipinski definition) is 5. The van der Waals surface area contributed by atoms with Crippen LogP contribution in [-0.4, -0.2) is 23.4 Å². The fourth-order valence-electron chi connectivity index (χ4n) is 2.24. The second-order valence-corrected chi connectivity index (χ2v) is 6.47. The fourth-order valence-corrected chi connectivity index (χ4v) is 2.41. The molecule has 2 aromatic carbocycles. The van der Waals surface area contributed by atoms with E-state index in [0.29, 0.717) is 0 Å². The first-order chi connectivity index (χ1) is 12.2. The van der Waals surface area contributed by atoms with E-state index < -0.39 is 28.8 Å². The predicted octanol–water partition coefficient (Wildman–Crippen LogP) is 3.71. The van der Waals surface area contributed by atoms with Crippen LogP contribution in [-0.2, 0) is 19.7 Å². The van der Waals surface area contributed by atoms with E-state index in [2.05, 4.69) is 5.32 Å². The van der Waals surface area contributed by atoms with Crippen LogP contribution in [0.3, 0.4) is 0 Å². The number of carbonyl (C=O) groups excluding carboxylic acids is 2. The van der Waals surface area contributed by atoms with E-state index in [9.17, 15) is 19.7 Å². The smallest absolute Gasteiger partial charge is 0.316 e. The molecule has 0 unspecified atom stereocenters. The Bertz CT molecular complexity index is 837. The molecule has 0 heterocycles. The Hall–Kier alpha value is -2.93. The van der Waals surface area contributed by atoms with Gasteiger partial charge >= 0.3 is 5.97 Å². The lowest BCUT2D eigenvalue weighted by Crippen LogP contribution is -2.33. The van der Waals surface area contributed by atoms with Crippen LogP contribution in [0.25, 0.3) is 0 Å². The van der Waals surface area contributed by atoms with Gasteiger partial charge in [0.1, 0.15) is 5.69 Å². The van der Waals surface area contributed by atoms with Gasteiger partial charge in [0.2, 0.25) is 0 Å². The van der Waals surface area contributed by atoms with Gasteiger partial charge in [0.05, 0.1) is 10.3 Å². The van der Waals surface area contributed by atoms with Crippen LogP contribution in [0.1, 0.15) is 19.4 Å². The van der Waals surface area contributed by atoms with Gasteiger partial charge in [0.25, 0.3) is 11.6 Å². The molecule has 2 rings (SSSR count). The zero-order chi connectivity index (χ0) is 19.3. The number of ether oxygens (including phenoxy) is 1. The maximum atomic E-state index is 12.3. The molecule has 0 aliphatic heterocycles. The van der Waals surface area contributed by atoms with E-state index in [0.717, 1.165) is 5.56 Å². The van der Waals surface area contributed by atoms with Crippen molar-refractivity contribution >= 4 is 34.9 Å². The van der Waals surface area contributed by atoms with E-state index in [1.165, 1.54) is 18.2 Å². The summed E-state index contributed by atoms with van der Waals surface area (Å²) < 4.78 is 5.07. The molecule has 0 aliphatic carbocycles. The molecule has 7 nitrogen and oxygen atoms in total. The second-order valence-electron chi connectivity index (χ2n) is 6.03. The van der Waals surface area contributed by atoms with Crippen LogP contribution >= 0.6 is 11.6 Å². The third kappa shape index (κ3) is 4.58. The largest absolute Gasteiger partial charge is 0.455 e. The standard InChI is InChI=1S/C18H17ClN2O5/c1-18(2,12-6-4-3-5-7-12)17(23)26-11-16(22)20-14-10-13(19)8-9-15(14)21(24)25/h3-10H,11H2,1-2H3,(H,20,22). The fraction of sp³-hybridized carbons (Fsp3) is 0.222.